The number of carbonyl (C=O) groups excluding carboxylic acids is 1. The van der Waals surface area contributed by atoms with Gasteiger partial charge in [0.25, 0.3) is 5.91 Å². The lowest BCUT2D eigenvalue weighted by atomic mass is 10.1. The third-order valence-electron chi connectivity index (χ3n) is 4.38. The van der Waals surface area contributed by atoms with Crippen LogP contribution in [0, 0.1) is 0 Å². The SMILES string of the molecule is O=C(NCCOc1cccc(C(F)(F)F)c1)c1cc(N2CCCCC2)ncn1. The van der Waals surface area contributed by atoms with E-state index in [-0.39, 0.29) is 30.5 Å². The highest BCUT2D eigenvalue weighted by molar-refractivity contribution is 5.92. The molecule has 0 spiro atoms. The van der Waals surface area contributed by atoms with E-state index in [1.165, 1.54) is 24.9 Å². The molecule has 6 nitrogen and oxygen atoms in total. The fraction of sp³-hybridized carbons (Fsp3) is 0.421. The molecule has 0 radical (unpaired) electrons. The summed E-state index contributed by atoms with van der Waals surface area (Å²) in [6.07, 6.45) is 0.322. The van der Waals surface area contributed by atoms with Gasteiger partial charge in [-0.15, -0.1) is 0 Å². The first-order valence-corrected chi connectivity index (χ1v) is 9.09. The van der Waals surface area contributed by atoms with Crippen LogP contribution in [-0.4, -0.2) is 42.1 Å². The van der Waals surface area contributed by atoms with Crippen molar-refractivity contribution >= 4 is 11.7 Å². The molecule has 3 rings (SSSR count). The lowest BCUT2D eigenvalue weighted by molar-refractivity contribution is -0.137. The van der Waals surface area contributed by atoms with Crippen molar-refractivity contribution in [2.75, 3.05) is 31.1 Å². The lowest BCUT2D eigenvalue weighted by Crippen LogP contribution is -2.32. The first-order chi connectivity index (χ1) is 13.4. The zero-order valence-corrected chi connectivity index (χ0v) is 15.2. The summed E-state index contributed by atoms with van der Waals surface area (Å²) in [6.45, 7) is 1.99. The van der Waals surface area contributed by atoms with Gasteiger partial charge in [0.1, 0.15) is 30.2 Å². The van der Waals surface area contributed by atoms with Crippen LogP contribution in [0.25, 0.3) is 0 Å². The third kappa shape index (κ3) is 5.34. The van der Waals surface area contributed by atoms with Gasteiger partial charge < -0.3 is 15.0 Å². The molecule has 0 bridgehead atoms. The summed E-state index contributed by atoms with van der Waals surface area (Å²) < 4.78 is 43.4. The van der Waals surface area contributed by atoms with E-state index in [2.05, 4.69) is 20.2 Å². The number of alkyl halides is 3. The number of nitrogens with zero attached hydrogens (tertiary/aromatic N) is 3. The van der Waals surface area contributed by atoms with Gasteiger partial charge in [-0.3, -0.25) is 4.79 Å². The Morgan fingerprint density at radius 1 is 1.14 bits per heavy atom. The molecule has 0 atom stereocenters. The lowest BCUT2D eigenvalue weighted by Gasteiger charge is -2.27. The molecule has 1 aliphatic rings. The number of amides is 1. The summed E-state index contributed by atoms with van der Waals surface area (Å²) in [5.74, 6) is 0.437. The predicted molar refractivity (Wildman–Crippen MR) is 97.4 cm³/mol. The molecule has 1 aromatic carbocycles. The van der Waals surface area contributed by atoms with Crippen molar-refractivity contribution in [1.82, 2.24) is 15.3 Å². The van der Waals surface area contributed by atoms with Crippen LogP contribution in [0.15, 0.2) is 36.7 Å². The van der Waals surface area contributed by atoms with E-state index in [9.17, 15) is 18.0 Å². The molecule has 1 aromatic heterocycles. The topological polar surface area (TPSA) is 67.3 Å². The zero-order chi connectivity index (χ0) is 20.0. The summed E-state index contributed by atoms with van der Waals surface area (Å²) in [6, 6.07) is 6.27. The fourth-order valence-electron chi connectivity index (χ4n) is 2.95. The average Bonchev–Trinajstić information content (AvgIpc) is 2.71. The number of carbonyl (C=O) groups is 1. The van der Waals surface area contributed by atoms with Crippen LogP contribution in [0.3, 0.4) is 0 Å². The monoisotopic (exact) mass is 394 g/mol. The van der Waals surface area contributed by atoms with Crippen molar-refractivity contribution in [2.24, 2.45) is 0 Å². The maximum atomic E-state index is 12.7. The molecule has 1 N–H and O–H groups in total. The number of anilines is 1. The molecule has 0 aliphatic carbocycles. The molecule has 0 saturated carbocycles. The van der Waals surface area contributed by atoms with E-state index < -0.39 is 11.7 Å². The average molecular weight is 394 g/mol. The highest BCUT2D eigenvalue weighted by atomic mass is 19.4. The number of rotatable bonds is 6. The smallest absolute Gasteiger partial charge is 0.416 e. The van der Waals surface area contributed by atoms with Gasteiger partial charge in [-0.05, 0) is 37.5 Å². The second-order valence-corrected chi connectivity index (χ2v) is 6.44. The number of hydrogen-bond acceptors (Lipinski definition) is 5. The Labute approximate surface area is 160 Å². The van der Waals surface area contributed by atoms with Crippen LogP contribution >= 0.6 is 0 Å². The summed E-state index contributed by atoms with van der Waals surface area (Å²) in [5, 5.41) is 2.65. The van der Waals surface area contributed by atoms with Crippen molar-refractivity contribution in [3.63, 3.8) is 0 Å². The van der Waals surface area contributed by atoms with Gasteiger partial charge in [0.05, 0.1) is 12.1 Å². The Kier molecular flexibility index (Phi) is 6.33. The van der Waals surface area contributed by atoms with Crippen molar-refractivity contribution in [1.29, 1.82) is 0 Å². The minimum atomic E-state index is -4.42. The van der Waals surface area contributed by atoms with Crippen LogP contribution in [0.5, 0.6) is 5.75 Å². The summed E-state index contributed by atoms with van der Waals surface area (Å²) in [4.78, 5) is 22.6. The maximum Gasteiger partial charge on any atom is 0.416 e. The van der Waals surface area contributed by atoms with E-state index in [0.29, 0.717) is 0 Å². The van der Waals surface area contributed by atoms with Gasteiger partial charge in [0.15, 0.2) is 0 Å². The number of hydrogen-bond donors (Lipinski definition) is 1. The zero-order valence-electron chi connectivity index (χ0n) is 15.2. The third-order valence-corrected chi connectivity index (χ3v) is 4.38. The Bertz CT molecular complexity index is 808. The predicted octanol–water partition coefficient (Wildman–Crippen LogP) is 3.29. The van der Waals surface area contributed by atoms with Gasteiger partial charge in [-0.25, -0.2) is 9.97 Å². The van der Waals surface area contributed by atoms with Gasteiger partial charge in [-0.2, -0.15) is 13.2 Å². The van der Waals surface area contributed by atoms with Gasteiger partial charge in [0.2, 0.25) is 0 Å². The molecule has 2 aromatic rings. The Balaban J connectivity index is 1.49. The largest absolute Gasteiger partial charge is 0.492 e. The number of benzene rings is 1. The number of aromatic nitrogens is 2. The van der Waals surface area contributed by atoms with E-state index in [0.717, 1.165) is 43.9 Å². The van der Waals surface area contributed by atoms with Crippen LogP contribution in [0.1, 0.15) is 35.3 Å². The second kappa shape index (κ2) is 8.90. The van der Waals surface area contributed by atoms with Crippen LogP contribution in [-0.2, 0) is 6.18 Å². The molecule has 0 unspecified atom stereocenters. The maximum absolute atomic E-state index is 12.7. The summed E-state index contributed by atoms with van der Waals surface area (Å²) in [7, 11) is 0. The van der Waals surface area contributed by atoms with Crippen LogP contribution in [0.4, 0.5) is 19.0 Å². The highest BCUT2D eigenvalue weighted by Gasteiger charge is 2.30. The molecule has 28 heavy (non-hydrogen) atoms. The molecule has 150 valence electrons. The van der Waals surface area contributed by atoms with E-state index in [1.54, 1.807) is 6.07 Å². The van der Waals surface area contributed by atoms with Crippen molar-refractivity contribution in [3.05, 3.63) is 47.9 Å². The highest BCUT2D eigenvalue weighted by Crippen LogP contribution is 2.31. The molecule has 1 fully saturated rings. The first-order valence-electron chi connectivity index (χ1n) is 9.09. The number of ether oxygens (including phenoxy) is 1. The molecule has 1 amide bonds. The Morgan fingerprint density at radius 3 is 2.68 bits per heavy atom. The minimum Gasteiger partial charge on any atom is -0.492 e. The molecular weight excluding hydrogens is 373 g/mol. The number of nitrogens with one attached hydrogen (secondary N) is 1. The van der Waals surface area contributed by atoms with Crippen molar-refractivity contribution < 1.29 is 22.7 Å². The van der Waals surface area contributed by atoms with Crippen LogP contribution in [0.2, 0.25) is 0 Å². The molecule has 9 heteroatoms. The number of piperidine rings is 1. The first kappa shape index (κ1) is 19.9. The fourth-order valence-corrected chi connectivity index (χ4v) is 2.95. The van der Waals surface area contributed by atoms with Gasteiger partial charge in [-0.1, -0.05) is 6.07 Å². The molecule has 1 saturated heterocycles. The summed E-state index contributed by atoms with van der Waals surface area (Å²) in [5.41, 5.74) is -0.532. The molecule has 1 aliphatic heterocycles. The molecule has 2 heterocycles. The number of halogens is 3. The summed E-state index contributed by atoms with van der Waals surface area (Å²) >= 11 is 0. The van der Waals surface area contributed by atoms with Crippen LogP contribution < -0.4 is 15.0 Å². The molecular formula is C19H21F3N4O2. The second-order valence-electron chi connectivity index (χ2n) is 6.44. The minimum absolute atomic E-state index is 0.0388. The normalized spacial score (nSPS) is 14.6. The van der Waals surface area contributed by atoms with Crippen molar-refractivity contribution in [3.8, 4) is 5.75 Å². The van der Waals surface area contributed by atoms with E-state index in [1.807, 2.05) is 0 Å². The Hall–Kier alpha value is -2.84. The quantitative estimate of drug-likeness (QED) is 0.762. The standard InChI is InChI=1S/C19H21F3N4O2/c20-19(21,22)14-5-4-6-15(11-14)28-10-7-23-18(27)16-12-17(25-13-24-16)26-8-2-1-3-9-26/h4-6,11-13H,1-3,7-10H2,(H,23,27). The van der Waals surface area contributed by atoms with E-state index in [4.69, 9.17) is 4.74 Å². The van der Waals surface area contributed by atoms with Gasteiger partial charge in [0, 0.05) is 19.2 Å². The van der Waals surface area contributed by atoms with E-state index >= 15 is 0 Å². The van der Waals surface area contributed by atoms with Crippen molar-refractivity contribution in [2.45, 2.75) is 25.4 Å². The Morgan fingerprint density at radius 2 is 1.93 bits per heavy atom. The van der Waals surface area contributed by atoms with Gasteiger partial charge >= 0.3 is 6.18 Å².